The van der Waals surface area contributed by atoms with Crippen LogP contribution in [0.15, 0.2) is 18.2 Å². The Bertz CT molecular complexity index is 1040. The molecule has 0 atom stereocenters. The van der Waals surface area contributed by atoms with Crippen molar-refractivity contribution in [3.05, 3.63) is 49.9 Å². The molecule has 0 bridgehead atoms. The zero-order valence-electron chi connectivity index (χ0n) is 17.8. The minimum absolute atomic E-state index is 0.129. The summed E-state index contributed by atoms with van der Waals surface area (Å²) in [5.41, 5.74) is 1.86. The number of nitrogens with one attached hydrogen (secondary N) is 1. The molecule has 2 heterocycles. The van der Waals surface area contributed by atoms with Crippen molar-refractivity contribution >= 4 is 39.6 Å². The zero-order chi connectivity index (χ0) is 22.7. The highest BCUT2D eigenvalue weighted by Gasteiger charge is 2.28. The summed E-state index contributed by atoms with van der Waals surface area (Å²) in [6, 6.07) is 4.46. The molecule has 1 saturated heterocycles. The molecule has 1 aliphatic heterocycles. The van der Waals surface area contributed by atoms with Crippen molar-refractivity contribution in [2.24, 2.45) is 0 Å². The Balaban J connectivity index is 1.63. The van der Waals surface area contributed by atoms with E-state index in [-0.39, 0.29) is 17.9 Å². The lowest BCUT2D eigenvalue weighted by Crippen LogP contribution is -2.36. The Morgan fingerprint density at radius 3 is 2.72 bits per heavy atom. The summed E-state index contributed by atoms with van der Waals surface area (Å²) in [7, 11) is 0. The van der Waals surface area contributed by atoms with E-state index < -0.39 is 16.8 Å². The molecule has 1 fully saturated rings. The van der Waals surface area contributed by atoms with Crippen LogP contribution in [0.4, 0.5) is 16.4 Å². The second-order valence-corrected chi connectivity index (χ2v) is 8.75. The van der Waals surface area contributed by atoms with Gasteiger partial charge in [0.15, 0.2) is 0 Å². The Hall–Kier alpha value is -2.98. The zero-order valence-corrected chi connectivity index (χ0v) is 18.7. The number of aryl methyl sites for hydroxylation is 1. The predicted molar refractivity (Wildman–Crippen MR) is 121 cm³/mol. The standard InChI is InChI=1S/C22H25N3O6S/c1-2-31-22(27)19-15-5-3-4-6-18(15)32-21(19)23-20(26)14-7-8-16(17(13-14)25(28)29)24-9-11-30-12-10-24/h7-8,13H,2-6,9-12H2,1H3,(H,23,26). The van der Waals surface area contributed by atoms with E-state index >= 15 is 0 Å². The number of anilines is 2. The molecule has 0 spiro atoms. The Morgan fingerprint density at radius 1 is 1.25 bits per heavy atom. The van der Waals surface area contributed by atoms with Crippen molar-refractivity contribution in [3.63, 3.8) is 0 Å². The molecule has 9 nitrogen and oxygen atoms in total. The number of thiophene rings is 1. The van der Waals surface area contributed by atoms with Gasteiger partial charge in [-0.1, -0.05) is 0 Å². The average Bonchev–Trinajstić information content (AvgIpc) is 3.17. The summed E-state index contributed by atoms with van der Waals surface area (Å²) in [4.78, 5) is 39.8. The minimum Gasteiger partial charge on any atom is -0.462 e. The number of nitrogens with zero attached hydrogens (tertiary/aromatic N) is 2. The van der Waals surface area contributed by atoms with E-state index in [1.807, 2.05) is 4.90 Å². The van der Waals surface area contributed by atoms with Crippen molar-refractivity contribution in [2.45, 2.75) is 32.6 Å². The number of benzene rings is 1. The third kappa shape index (κ3) is 4.46. The van der Waals surface area contributed by atoms with E-state index in [1.54, 1.807) is 19.1 Å². The average molecular weight is 460 g/mol. The van der Waals surface area contributed by atoms with E-state index in [2.05, 4.69) is 5.32 Å². The van der Waals surface area contributed by atoms with Gasteiger partial charge in [0.25, 0.3) is 11.6 Å². The third-order valence-electron chi connectivity index (χ3n) is 5.66. The minimum atomic E-state index is -0.495. The Morgan fingerprint density at radius 2 is 2.00 bits per heavy atom. The van der Waals surface area contributed by atoms with Crippen molar-refractivity contribution in [3.8, 4) is 0 Å². The number of esters is 1. The molecular formula is C22H25N3O6S. The van der Waals surface area contributed by atoms with Crippen molar-refractivity contribution in [1.29, 1.82) is 0 Å². The van der Waals surface area contributed by atoms with Crippen LogP contribution in [0.2, 0.25) is 0 Å². The van der Waals surface area contributed by atoms with Gasteiger partial charge in [-0.15, -0.1) is 11.3 Å². The molecule has 32 heavy (non-hydrogen) atoms. The van der Waals surface area contributed by atoms with Gasteiger partial charge in [0.1, 0.15) is 10.7 Å². The number of carbonyl (C=O) groups excluding carboxylic acids is 2. The number of nitro benzene ring substituents is 1. The first-order valence-electron chi connectivity index (χ1n) is 10.7. The van der Waals surface area contributed by atoms with Crippen LogP contribution >= 0.6 is 11.3 Å². The molecular weight excluding hydrogens is 434 g/mol. The molecule has 0 radical (unpaired) electrons. The lowest BCUT2D eigenvalue weighted by Gasteiger charge is -2.28. The predicted octanol–water partition coefficient (Wildman–Crippen LogP) is 3.80. The molecule has 170 valence electrons. The quantitative estimate of drug-likeness (QED) is 0.397. The normalized spacial score (nSPS) is 15.7. The summed E-state index contributed by atoms with van der Waals surface area (Å²) in [5.74, 6) is -0.943. The first kappa shape index (κ1) is 22.2. The van der Waals surface area contributed by atoms with Gasteiger partial charge in [-0.3, -0.25) is 14.9 Å². The monoisotopic (exact) mass is 459 g/mol. The van der Waals surface area contributed by atoms with E-state index in [0.29, 0.717) is 42.6 Å². The second-order valence-electron chi connectivity index (χ2n) is 7.65. The van der Waals surface area contributed by atoms with Crippen LogP contribution in [0.3, 0.4) is 0 Å². The van der Waals surface area contributed by atoms with Crippen molar-refractivity contribution in [2.75, 3.05) is 43.1 Å². The van der Waals surface area contributed by atoms with Crippen LogP contribution < -0.4 is 10.2 Å². The number of hydrogen-bond acceptors (Lipinski definition) is 8. The summed E-state index contributed by atoms with van der Waals surface area (Å²) < 4.78 is 10.5. The lowest BCUT2D eigenvalue weighted by molar-refractivity contribution is -0.384. The van der Waals surface area contributed by atoms with E-state index in [9.17, 15) is 19.7 Å². The maximum atomic E-state index is 13.0. The van der Waals surface area contributed by atoms with Gasteiger partial charge in [-0.25, -0.2) is 4.79 Å². The van der Waals surface area contributed by atoms with Gasteiger partial charge in [0.05, 0.1) is 30.3 Å². The number of amides is 1. The fraction of sp³-hybridized carbons (Fsp3) is 0.455. The van der Waals surface area contributed by atoms with Gasteiger partial charge >= 0.3 is 5.97 Å². The lowest BCUT2D eigenvalue weighted by atomic mass is 9.95. The van der Waals surface area contributed by atoms with Crippen LogP contribution in [-0.4, -0.2) is 49.7 Å². The number of rotatable bonds is 6. The van der Waals surface area contributed by atoms with Gasteiger partial charge in [0.2, 0.25) is 0 Å². The molecule has 10 heteroatoms. The fourth-order valence-electron chi connectivity index (χ4n) is 4.13. The Labute approximate surface area is 189 Å². The smallest absolute Gasteiger partial charge is 0.341 e. The van der Waals surface area contributed by atoms with Crippen LogP contribution in [0.1, 0.15) is 50.9 Å². The van der Waals surface area contributed by atoms with E-state index in [1.165, 1.54) is 17.4 Å². The summed E-state index contributed by atoms with van der Waals surface area (Å²) in [6.07, 6.45) is 3.66. The maximum absolute atomic E-state index is 13.0. The number of morpholine rings is 1. The fourth-order valence-corrected chi connectivity index (χ4v) is 5.40. The number of nitro groups is 1. The second kappa shape index (κ2) is 9.66. The van der Waals surface area contributed by atoms with Crippen LogP contribution in [-0.2, 0) is 22.3 Å². The van der Waals surface area contributed by atoms with Gasteiger partial charge in [0, 0.05) is 29.6 Å². The molecule has 1 N–H and O–H groups in total. The largest absolute Gasteiger partial charge is 0.462 e. The molecule has 0 saturated carbocycles. The highest BCUT2D eigenvalue weighted by atomic mass is 32.1. The number of ether oxygens (including phenoxy) is 2. The first-order valence-corrected chi connectivity index (χ1v) is 11.6. The molecule has 1 aromatic carbocycles. The summed E-state index contributed by atoms with van der Waals surface area (Å²) >= 11 is 1.39. The number of carbonyl (C=O) groups is 2. The molecule has 2 aliphatic rings. The highest BCUT2D eigenvalue weighted by molar-refractivity contribution is 7.17. The molecule has 1 aromatic heterocycles. The Kier molecular flexibility index (Phi) is 6.71. The maximum Gasteiger partial charge on any atom is 0.341 e. The van der Waals surface area contributed by atoms with Gasteiger partial charge < -0.3 is 19.7 Å². The number of fused-ring (bicyclic) bond motifs is 1. The molecule has 0 unspecified atom stereocenters. The molecule has 1 amide bonds. The SMILES string of the molecule is CCOC(=O)c1c(NC(=O)c2ccc(N3CCOCC3)c([N+](=O)[O-])c2)sc2c1CCCC2. The van der Waals surface area contributed by atoms with Gasteiger partial charge in [-0.2, -0.15) is 0 Å². The van der Waals surface area contributed by atoms with Crippen LogP contribution in [0.5, 0.6) is 0 Å². The van der Waals surface area contributed by atoms with Crippen molar-refractivity contribution in [1.82, 2.24) is 0 Å². The van der Waals surface area contributed by atoms with Crippen LogP contribution in [0, 0.1) is 10.1 Å². The van der Waals surface area contributed by atoms with E-state index in [0.717, 1.165) is 36.1 Å². The summed E-state index contributed by atoms with van der Waals surface area (Å²) in [6.45, 7) is 4.08. The van der Waals surface area contributed by atoms with Gasteiger partial charge in [-0.05, 0) is 50.3 Å². The summed E-state index contributed by atoms with van der Waals surface area (Å²) in [5, 5.41) is 15.0. The first-order chi connectivity index (χ1) is 15.5. The third-order valence-corrected chi connectivity index (χ3v) is 6.87. The van der Waals surface area contributed by atoms with Crippen molar-refractivity contribution < 1.29 is 24.0 Å². The highest BCUT2D eigenvalue weighted by Crippen LogP contribution is 2.39. The van der Waals surface area contributed by atoms with Crippen LogP contribution in [0.25, 0.3) is 0 Å². The number of hydrogen-bond donors (Lipinski definition) is 1. The molecule has 2 aromatic rings. The molecule has 4 rings (SSSR count). The van der Waals surface area contributed by atoms with E-state index in [4.69, 9.17) is 9.47 Å². The topological polar surface area (TPSA) is 111 Å². The molecule has 1 aliphatic carbocycles.